The minimum atomic E-state index is -0.0790. The first kappa shape index (κ1) is 17.6. The first-order chi connectivity index (χ1) is 12.1. The van der Waals surface area contributed by atoms with Gasteiger partial charge in [0.15, 0.2) is 5.17 Å². The molecule has 0 aliphatic carbocycles. The van der Waals surface area contributed by atoms with E-state index in [1.165, 1.54) is 16.7 Å². The number of rotatable bonds is 4. The molecule has 0 spiro atoms. The lowest BCUT2D eigenvalue weighted by Gasteiger charge is -2.07. The third-order valence-electron chi connectivity index (χ3n) is 3.56. The highest BCUT2D eigenvalue weighted by Crippen LogP contribution is 2.34. The summed E-state index contributed by atoms with van der Waals surface area (Å²) in [6.45, 7) is 2.57. The van der Waals surface area contributed by atoms with Gasteiger partial charge in [-0.2, -0.15) is 0 Å². The molecule has 2 aromatic carbocycles. The molecule has 1 heterocycles. The van der Waals surface area contributed by atoms with Crippen LogP contribution in [0.25, 0.3) is 6.08 Å². The third kappa shape index (κ3) is 4.06. The number of carbonyl (C=O) groups is 1. The first-order valence-electron chi connectivity index (χ1n) is 7.82. The highest BCUT2D eigenvalue weighted by molar-refractivity contribution is 8.18. The number of hydrogen-bond donors (Lipinski definition) is 0. The number of amides is 1. The molecule has 128 valence electrons. The summed E-state index contributed by atoms with van der Waals surface area (Å²) in [5.74, 6) is 0.734. The number of likely N-dealkylation sites (N-methyl/N-ethyl adjacent to an activating group) is 1. The molecule has 1 saturated heterocycles. The summed E-state index contributed by atoms with van der Waals surface area (Å²) in [4.78, 5) is 19.1. The topological polar surface area (TPSA) is 41.9 Å². The summed E-state index contributed by atoms with van der Waals surface area (Å²) in [5, 5.41) is 1.16. The fraction of sp³-hybridized carbons (Fsp3) is 0.158. The molecule has 3 rings (SSSR count). The van der Waals surface area contributed by atoms with E-state index in [1.807, 2.05) is 55.5 Å². The number of carbonyl (C=O) groups excluding carboxylic acids is 1. The lowest BCUT2D eigenvalue weighted by atomic mass is 10.2. The van der Waals surface area contributed by atoms with Crippen LogP contribution in [0.15, 0.2) is 58.4 Å². The minimum Gasteiger partial charge on any atom is -0.494 e. The van der Waals surface area contributed by atoms with Gasteiger partial charge in [-0.1, -0.05) is 35.9 Å². The molecule has 0 radical (unpaired) electrons. The van der Waals surface area contributed by atoms with Crippen LogP contribution in [0, 0.1) is 0 Å². The highest BCUT2D eigenvalue weighted by atomic mass is 35.5. The summed E-state index contributed by atoms with van der Waals surface area (Å²) in [7, 11) is 1.71. The van der Waals surface area contributed by atoms with Gasteiger partial charge in [0.2, 0.25) is 0 Å². The van der Waals surface area contributed by atoms with E-state index in [0.29, 0.717) is 27.4 Å². The van der Waals surface area contributed by atoms with Gasteiger partial charge >= 0.3 is 0 Å². The molecular formula is C19H17ClN2O2S. The molecule has 0 unspecified atom stereocenters. The average molecular weight is 373 g/mol. The summed E-state index contributed by atoms with van der Waals surface area (Å²) in [5.41, 5.74) is 1.58. The molecule has 6 heteroatoms. The second-order valence-corrected chi connectivity index (χ2v) is 6.74. The zero-order valence-corrected chi connectivity index (χ0v) is 15.5. The number of thioether (sulfide) groups is 1. The van der Waals surface area contributed by atoms with Gasteiger partial charge in [-0.05, 0) is 54.6 Å². The fourth-order valence-electron chi connectivity index (χ4n) is 2.28. The molecule has 1 amide bonds. The molecule has 25 heavy (non-hydrogen) atoms. The van der Waals surface area contributed by atoms with Gasteiger partial charge in [0.05, 0.1) is 22.2 Å². The molecule has 0 N–H and O–H groups in total. The molecule has 0 atom stereocenters. The van der Waals surface area contributed by atoms with Gasteiger partial charge in [0.1, 0.15) is 5.75 Å². The molecule has 1 aliphatic heterocycles. The lowest BCUT2D eigenvalue weighted by Crippen LogP contribution is -2.23. The predicted molar refractivity (Wildman–Crippen MR) is 104 cm³/mol. The van der Waals surface area contributed by atoms with Crippen LogP contribution in [-0.2, 0) is 4.79 Å². The lowest BCUT2D eigenvalue weighted by molar-refractivity contribution is -0.121. The van der Waals surface area contributed by atoms with Crippen molar-refractivity contribution in [2.24, 2.45) is 4.99 Å². The van der Waals surface area contributed by atoms with Gasteiger partial charge in [-0.25, -0.2) is 4.99 Å². The van der Waals surface area contributed by atoms with Crippen LogP contribution in [0.3, 0.4) is 0 Å². The Hall–Kier alpha value is -2.24. The normalized spacial score (nSPS) is 17.6. The molecule has 0 saturated carbocycles. The van der Waals surface area contributed by atoms with Gasteiger partial charge in [0.25, 0.3) is 5.91 Å². The largest absolute Gasteiger partial charge is 0.494 e. The Kier molecular flexibility index (Phi) is 5.46. The molecule has 1 fully saturated rings. The summed E-state index contributed by atoms with van der Waals surface area (Å²) in [6, 6.07) is 14.9. The highest BCUT2D eigenvalue weighted by Gasteiger charge is 2.30. The van der Waals surface area contributed by atoms with Crippen LogP contribution in [-0.4, -0.2) is 29.6 Å². The Bertz CT molecular complexity index is 847. The van der Waals surface area contributed by atoms with Crippen molar-refractivity contribution < 1.29 is 9.53 Å². The Morgan fingerprint density at radius 1 is 1.20 bits per heavy atom. The van der Waals surface area contributed by atoms with E-state index < -0.39 is 0 Å². The zero-order valence-electron chi connectivity index (χ0n) is 13.9. The monoisotopic (exact) mass is 372 g/mol. The maximum absolute atomic E-state index is 12.5. The number of para-hydroxylation sites is 1. The van der Waals surface area contributed by atoms with Crippen molar-refractivity contribution in [2.45, 2.75) is 6.92 Å². The molecular weight excluding hydrogens is 356 g/mol. The molecule has 0 bridgehead atoms. The van der Waals surface area contributed by atoms with Gasteiger partial charge < -0.3 is 4.74 Å². The maximum Gasteiger partial charge on any atom is 0.266 e. The van der Waals surface area contributed by atoms with Gasteiger partial charge in [-0.3, -0.25) is 9.69 Å². The van der Waals surface area contributed by atoms with Gasteiger partial charge in [-0.15, -0.1) is 0 Å². The summed E-state index contributed by atoms with van der Waals surface area (Å²) in [6.07, 6.45) is 1.86. The van der Waals surface area contributed by atoms with Crippen molar-refractivity contribution in [3.8, 4) is 5.75 Å². The minimum absolute atomic E-state index is 0.0790. The van der Waals surface area contributed by atoms with Crippen LogP contribution in [0.4, 0.5) is 5.69 Å². The van der Waals surface area contributed by atoms with Crippen molar-refractivity contribution in [1.82, 2.24) is 4.90 Å². The molecule has 4 nitrogen and oxygen atoms in total. The second-order valence-electron chi connectivity index (χ2n) is 5.32. The Morgan fingerprint density at radius 3 is 2.60 bits per heavy atom. The quantitative estimate of drug-likeness (QED) is 0.711. The van der Waals surface area contributed by atoms with Gasteiger partial charge in [0, 0.05) is 7.05 Å². The smallest absolute Gasteiger partial charge is 0.266 e. The van der Waals surface area contributed by atoms with Crippen LogP contribution >= 0.6 is 23.4 Å². The number of ether oxygens (including phenoxy) is 1. The van der Waals surface area contributed by atoms with E-state index >= 15 is 0 Å². The van der Waals surface area contributed by atoms with E-state index in [2.05, 4.69) is 4.99 Å². The van der Waals surface area contributed by atoms with E-state index in [-0.39, 0.29) is 5.91 Å². The standard InChI is InChI=1S/C19H17ClN2O2S/c1-3-24-14-10-8-13(9-11-14)12-17-18(23)22(2)19(25-17)21-16-7-5-4-6-15(16)20/h4-12H,3H2,1-2H3/b17-12+,21-19?. The second kappa shape index (κ2) is 7.76. The van der Waals surface area contributed by atoms with Crippen LogP contribution < -0.4 is 4.74 Å². The van der Waals surface area contributed by atoms with Crippen LogP contribution in [0.2, 0.25) is 5.02 Å². The summed E-state index contributed by atoms with van der Waals surface area (Å²) >= 11 is 7.48. The van der Waals surface area contributed by atoms with E-state index in [0.717, 1.165) is 11.3 Å². The van der Waals surface area contributed by atoms with E-state index in [9.17, 15) is 4.79 Å². The number of amidine groups is 1. The molecule has 0 aromatic heterocycles. The number of aliphatic imine (C=N–C) groups is 1. The number of hydrogen-bond acceptors (Lipinski definition) is 4. The van der Waals surface area contributed by atoms with Crippen LogP contribution in [0.5, 0.6) is 5.75 Å². The van der Waals surface area contributed by atoms with Crippen LogP contribution in [0.1, 0.15) is 12.5 Å². The predicted octanol–water partition coefficient (Wildman–Crippen LogP) is 4.97. The SMILES string of the molecule is CCOc1ccc(/C=C2/SC(=Nc3ccccc3Cl)N(C)C2=O)cc1. The third-order valence-corrected chi connectivity index (χ3v) is 4.94. The Labute approximate surface area is 156 Å². The number of halogens is 1. The Morgan fingerprint density at radius 2 is 1.92 bits per heavy atom. The van der Waals surface area contributed by atoms with Crippen molar-refractivity contribution in [3.05, 3.63) is 64.0 Å². The molecule has 1 aliphatic rings. The number of nitrogens with zero attached hydrogens (tertiary/aromatic N) is 2. The zero-order chi connectivity index (χ0) is 17.8. The Balaban J connectivity index is 1.84. The van der Waals surface area contributed by atoms with Crippen molar-refractivity contribution in [3.63, 3.8) is 0 Å². The fourth-order valence-corrected chi connectivity index (χ4v) is 3.43. The van der Waals surface area contributed by atoms with E-state index in [1.54, 1.807) is 13.1 Å². The van der Waals surface area contributed by atoms with Crippen molar-refractivity contribution in [1.29, 1.82) is 0 Å². The first-order valence-corrected chi connectivity index (χ1v) is 9.01. The number of benzene rings is 2. The van der Waals surface area contributed by atoms with Crippen molar-refractivity contribution >= 4 is 46.2 Å². The maximum atomic E-state index is 12.5. The summed E-state index contributed by atoms with van der Waals surface area (Å²) < 4.78 is 5.43. The average Bonchev–Trinajstić information content (AvgIpc) is 2.87. The molecule has 2 aromatic rings. The van der Waals surface area contributed by atoms with E-state index in [4.69, 9.17) is 16.3 Å². The van der Waals surface area contributed by atoms with Crippen molar-refractivity contribution in [2.75, 3.05) is 13.7 Å².